The van der Waals surface area contributed by atoms with Crippen LogP contribution < -0.4 is 26.1 Å². The molecule has 30 heavy (non-hydrogen) atoms. The summed E-state index contributed by atoms with van der Waals surface area (Å²) < 4.78 is 0. The Kier molecular flexibility index (Phi) is 7.08. The van der Waals surface area contributed by atoms with E-state index < -0.39 is 16.1 Å². The Labute approximate surface area is 182 Å². The largest absolute Gasteiger partial charge is 0.259 e. The fraction of sp³-hybridized carbons (Fsp3) is 0.111. The molecule has 0 saturated carbocycles. The van der Waals surface area contributed by atoms with Crippen LogP contribution in [0.5, 0.6) is 0 Å². The van der Waals surface area contributed by atoms with Gasteiger partial charge in [-0.15, -0.1) is 0 Å². The van der Waals surface area contributed by atoms with Crippen LogP contribution in [0, 0.1) is 0 Å². The Morgan fingerprint density at radius 3 is 1.37 bits per heavy atom. The molecule has 3 heteroatoms. The third-order valence-electron chi connectivity index (χ3n) is 5.04. The highest BCUT2D eigenvalue weighted by molar-refractivity contribution is 7.85. The van der Waals surface area contributed by atoms with Gasteiger partial charge < -0.3 is 0 Å². The molecule has 0 radical (unpaired) electrons. The summed E-state index contributed by atoms with van der Waals surface area (Å²) in [5, 5.41) is 5.49. The number of rotatable bonds is 7. The lowest BCUT2D eigenvalue weighted by molar-refractivity contribution is 0.873. The van der Waals surface area contributed by atoms with E-state index in [4.69, 9.17) is 0 Å². The lowest BCUT2D eigenvalue weighted by atomic mass is 10.0. The van der Waals surface area contributed by atoms with E-state index in [0.29, 0.717) is 5.92 Å². The Hall–Kier alpha value is -2.30. The molecule has 0 aliphatic carbocycles. The van der Waals surface area contributed by atoms with Crippen LogP contribution in [0.2, 0.25) is 0 Å². The molecule has 0 aromatic heterocycles. The van der Waals surface area contributed by atoms with Gasteiger partial charge in [0.2, 0.25) is 0 Å². The smallest absolute Gasteiger partial charge is 0.0297 e. The second-order valence-corrected chi connectivity index (χ2v) is 11.7. The molecule has 1 nitrogen and oxygen atoms in total. The highest BCUT2D eigenvalue weighted by Gasteiger charge is 2.24. The topological polar surface area (TPSA) is 12.0 Å². The van der Waals surface area contributed by atoms with Crippen molar-refractivity contribution >= 4 is 37.4 Å². The summed E-state index contributed by atoms with van der Waals surface area (Å²) in [6.45, 7) is 4.57. The third kappa shape index (κ3) is 4.88. The zero-order valence-corrected chi connectivity index (χ0v) is 19.2. The Balaban J connectivity index is 1.83. The van der Waals surface area contributed by atoms with Crippen molar-refractivity contribution in [3.05, 3.63) is 121 Å². The van der Waals surface area contributed by atoms with E-state index in [1.165, 1.54) is 26.8 Å². The van der Waals surface area contributed by atoms with Crippen molar-refractivity contribution in [3.8, 4) is 0 Å². The Morgan fingerprint density at radius 2 is 0.900 bits per heavy atom. The van der Waals surface area contributed by atoms with Crippen molar-refractivity contribution in [2.24, 2.45) is 0 Å². The number of hydrogen-bond donors (Lipinski definition) is 1. The predicted molar refractivity (Wildman–Crippen MR) is 135 cm³/mol. The molecular formula is C27H27NP2. The normalized spacial score (nSPS) is 12.3. The molecule has 4 aromatic rings. The van der Waals surface area contributed by atoms with Crippen LogP contribution in [-0.2, 0) is 0 Å². The summed E-state index contributed by atoms with van der Waals surface area (Å²) in [7, 11) is -1.40. The Morgan fingerprint density at radius 1 is 0.500 bits per heavy atom. The van der Waals surface area contributed by atoms with E-state index in [0.717, 1.165) is 0 Å². The number of nitrogens with one attached hydrogen (secondary N) is 1. The first-order valence-electron chi connectivity index (χ1n) is 10.3. The van der Waals surface area contributed by atoms with Crippen LogP contribution in [0.1, 0.15) is 25.3 Å². The van der Waals surface area contributed by atoms with Crippen molar-refractivity contribution in [1.29, 1.82) is 0 Å². The molecule has 0 aliphatic heterocycles. The first kappa shape index (κ1) is 21.0. The second kappa shape index (κ2) is 10.1. The van der Waals surface area contributed by atoms with Gasteiger partial charge >= 0.3 is 0 Å². The molecule has 0 heterocycles. The first-order valence-corrected chi connectivity index (χ1v) is 13.0. The van der Waals surface area contributed by atoms with Crippen LogP contribution in [0.15, 0.2) is 115 Å². The standard InChI is InChI=1S/C27H27NP2/c1-22(2)26-20-12-13-21-27(26)30(25-18-10-5-11-19-25)28-29(23-14-6-3-7-15-23)24-16-8-4-9-17-24/h3-22,28H,1-2H3. The summed E-state index contributed by atoms with van der Waals surface area (Å²) in [5.74, 6) is 0.483. The van der Waals surface area contributed by atoms with E-state index >= 15 is 0 Å². The predicted octanol–water partition coefficient (Wildman–Crippen LogP) is 5.80. The monoisotopic (exact) mass is 427 g/mol. The molecule has 1 N–H and O–H groups in total. The van der Waals surface area contributed by atoms with Gasteiger partial charge in [-0.25, -0.2) is 0 Å². The highest BCUT2D eigenvalue weighted by atomic mass is 31.2. The molecule has 4 rings (SSSR count). The Bertz CT molecular complexity index is 1010. The summed E-state index contributed by atoms with van der Waals surface area (Å²) in [4.78, 5) is 4.14. The van der Waals surface area contributed by atoms with E-state index in [2.05, 4.69) is 134 Å². The van der Waals surface area contributed by atoms with Crippen molar-refractivity contribution in [3.63, 3.8) is 0 Å². The molecule has 4 aromatic carbocycles. The molecule has 0 bridgehead atoms. The maximum atomic E-state index is 4.14. The third-order valence-corrected chi connectivity index (χ3v) is 9.98. The van der Waals surface area contributed by atoms with E-state index in [1.807, 2.05) is 0 Å². The lowest BCUT2D eigenvalue weighted by Crippen LogP contribution is -2.29. The van der Waals surface area contributed by atoms with Gasteiger partial charge in [-0.1, -0.05) is 129 Å². The maximum Gasteiger partial charge on any atom is 0.0297 e. The van der Waals surface area contributed by atoms with Gasteiger partial charge in [0.05, 0.1) is 0 Å². The van der Waals surface area contributed by atoms with Gasteiger partial charge in [-0.05, 0) is 32.7 Å². The number of hydrogen-bond acceptors (Lipinski definition) is 1. The van der Waals surface area contributed by atoms with Gasteiger partial charge in [0, 0.05) is 16.1 Å². The van der Waals surface area contributed by atoms with E-state index in [9.17, 15) is 0 Å². The van der Waals surface area contributed by atoms with E-state index in [-0.39, 0.29) is 0 Å². The molecule has 0 amide bonds. The first-order chi connectivity index (χ1) is 14.7. The second-order valence-electron chi connectivity index (χ2n) is 7.49. The van der Waals surface area contributed by atoms with Crippen molar-refractivity contribution in [2.75, 3.05) is 0 Å². The minimum absolute atomic E-state index is 0.483. The van der Waals surface area contributed by atoms with Gasteiger partial charge in [-0.3, -0.25) is 4.86 Å². The summed E-state index contributed by atoms with van der Waals surface area (Å²) in [6.07, 6.45) is 0. The van der Waals surface area contributed by atoms with Gasteiger partial charge in [0.15, 0.2) is 0 Å². The zero-order chi connectivity index (χ0) is 20.8. The molecule has 1 unspecified atom stereocenters. The van der Waals surface area contributed by atoms with Gasteiger partial charge in [0.1, 0.15) is 0 Å². The molecule has 150 valence electrons. The molecule has 1 atom stereocenters. The average molecular weight is 427 g/mol. The minimum Gasteiger partial charge on any atom is -0.259 e. The van der Waals surface area contributed by atoms with Gasteiger partial charge in [0.25, 0.3) is 0 Å². The minimum atomic E-state index is -0.712. The van der Waals surface area contributed by atoms with Crippen molar-refractivity contribution in [1.82, 2.24) is 4.86 Å². The summed E-state index contributed by atoms with van der Waals surface area (Å²) in [5.41, 5.74) is 1.43. The van der Waals surface area contributed by atoms with Crippen molar-refractivity contribution in [2.45, 2.75) is 19.8 Å². The zero-order valence-electron chi connectivity index (χ0n) is 17.4. The lowest BCUT2D eigenvalue weighted by Gasteiger charge is -2.29. The van der Waals surface area contributed by atoms with Crippen LogP contribution in [0.25, 0.3) is 0 Å². The highest BCUT2D eigenvalue weighted by Crippen LogP contribution is 2.43. The van der Waals surface area contributed by atoms with Crippen LogP contribution >= 0.6 is 16.1 Å². The quantitative estimate of drug-likeness (QED) is 0.368. The number of benzene rings is 4. The maximum absolute atomic E-state index is 4.14. The SMILES string of the molecule is CC(C)c1ccccc1P(NP(c1ccccc1)c1ccccc1)c1ccccc1. The molecule has 0 fully saturated rings. The van der Waals surface area contributed by atoms with Crippen LogP contribution in [0.3, 0.4) is 0 Å². The molecule has 0 saturated heterocycles. The fourth-order valence-electron chi connectivity index (χ4n) is 3.53. The fourth-order valence-corrected chi connectivity index (χ4v) is 8.96. The van der Waals surface area contributed by atoms with Crippen LogP contribution in [0.4, 0.5) is 0 Å². The van der Waals surface area contributed by atoms with E-state index in [1.54, 1.807) is 0 Å². The molecular weight excluding hydrogens is 400 g/mol. The molecule has 0 aliphatic rings. The van der Waals surface area contributed by atoms with Crippen molar-refractivity contribution < 1.29 is 0 Å². The van der Waals surface area contributed by atoms with Crippen LogP contribution in [-0.4, -0.2) is 0 Å². The molecule has 0 spiro atoms. The summed E-state index contributed by atoms with van der Waals surface area (Å²) >= 11 is 0. The summed E-state index contributed by atoms with van der Waals surface area (Å²) in [6, 6.07) is 41.6. The van der Waals surface area contributed by atoms with Gasteiger partial charge in [-0.2, -0.15) is 0 Å². The average Bonchev–Trinajstić information content (AvgIpc) is 2.81.